The van der Waals surface area contributed by atoms with Gasteiger partial charge in [0.05, 0.1) is 6.42 Å². The van der Waals surface area contributed by atoms with Gasteiger partial charge in [-0.05, 0) is 26.0 Å². The Hall–Kier alpha value is -1.71. The van der Waals surface area contributed by atoms with Crippen LogP contribution < -0.4 is 0 Å². The number of pyridine rings is 1. The first-order chi connectivity index (χ1) is 7.69. The van der Waals surface area contributed by atoms with E-state index in [0.717, 1.165) is 0 Å². The molecule has 1 aromatic rings. The summed E-state index contributed by atoms with van der Waals surface area (Å²) in [7, 11) is 0. The third-order valence-electron chi connectivity index (χ3n) is 2.38. The Morgan fingerprint density at radius 1 is 1.25 bits per heavy atom. The molecule has 86 valence electrons. The van der Waals surface area contributed by atoms with Gasteiger partial charge >= 0.3 is 0 Å². The van der Waals surface area contributed by atoms with Gasteiger partial charge in [0, 0.05) is 19.3 Å². The van der Waals surface area contributed by atoms with Crippen LogP contribution in [0.1, 0.15) is 30.8 Å². The molecule has 0 radical (unpaired) electrons. The van der Waals surface area contributed by atoms with Crippen LogP contribution in [-0.2, 0) is 4.79 Å². The van der Waals surface area contributed by atoms with Crippen LogP contribution in [-0.4, -0.2) is 34.7 Å². The highest BCUT2D eigenvalue weighted by molar-refractivity contribution is 6.06. The van der Waals surface area contributed by atoms with E-state index in [0.29, 0.717) is 18.8 Å². The third kappa shape index (κ3) is 3.15. The molecule has 0 atom stereocenters. The van der Waals surface area contributed by atoms with E-state index in [1.807, 2.05) is 13.8 Å². The molecular formula is C12H16N2O2. The fourth-order valence-corrected chi connectivity index (χ4v) is 1.44. The summed E-state index contributed by atoms with van der Waals surface area (Å²) in [5, 5.41) is 0. The van der Waals surface area contributed by atoms with E-state index in [4.69, 9.17) is 0 Å². The molecule has 0 saturated carbocycles. The minimum atomic E-state index is -0.225. The van der Waals surface area contributed by atoms with Crippen molar-refractivity contribution in [2.45, 2.75) is 20.3 Å². The van der Waals surface area contributed by atoms with Crippen molar-refractivity contribution in [3.05, 3.63) is 30.1 Å². The molecule has 4 nitrogen and oxygen atoms in total. The Labute approximate surface area is 95.3 Å². The molecule has 4 heteroatoms. The highest BCUT2D eigenvalue weighted by Crippen LogP contribution is 2.02. The molecule has 0 aliphatic rings. The number of nitrogens with zero attached hydrogens (tertiary/aromatic N) is 2. The van der Waals surface area contributed by atoms with E-state index in [9.17, 15) is 9.59 Å². The Morgan fingerprint density at radius 2 is 1.94 bits per heavy atom. The van der Waals surface area contributed by atoms with E-state index in [1.54, 1.807) is 29.3 Å². The number of amides is 1. The van der Waals surface area contributed by atoms with Crippen LogP contribution in [0.3, 0.4) is 0 Å². The van der Waals surface area contributed by atoms with Crippen molar-refractivity contribution in [1.29, 1.82) is 0 Å². The second-order valence-corrected chi connectivity index (χ2v) is 3.38. The first-order valence-corrected chi connectivity index (χ1v) is 5.41. The summed E-state index contributed by atoms with van der Waals surface area (Å²) in [5.74, 6) is -0.363. The van der Waals surface area contributed by atoms with Gasteiger partial charge in [0.15, 0.2) is 5.78 Å². The monoisotopic (exact) mass is 220 g/mol. The Kier molecular flexibility index (Phi) is 4.64. The van der Waals surface area contributed by atoms with Gasteiger partial charge in [0.2, 0.25) is 5.91 Å². The zero-order valence-electron chi connectivity index (χ0n) is 9.64. The van der Waals surface area contributed by atoms with Crippen molar-refractivity contribution < 1.29 is 9.59 Å². The molecule has 0 aliphatic carbocycles. The van der Waals surface area contributed by atoms with Gasteiger partial charge in [-0.1, -0.05) is 6.07 Å². The van der Waals surface area contributed by atoms with Gasteiger partial charge in [0.25, 0.3) is 0 Å². The summed E-state index contributed by atoms with van der Waals surface area (Å²) < 4.78 is 0. The highest BCUT2D eigenvalue weighted by atomic mass is 16.2. The standard InChI is InChI=1S/C12H16N2O2/c1-3-14(4-2)12(16)9-11(15)10-7-5-6-8-13-10/h5-8H,3-4,9H2,1-2H3. The number of carbonyl (C=O) groups is 2. The quantitative estimate of drug-likeness (QED) is 0.558. The lowest BCUT2D eigenvalue weighted by atomic mass is 10.2. The fourth-order valence-electron chi connectivity index (χ4n) is 1.44. The number of Topliss-reactive ketones (excluding diaryl/α,β-unsaturated/α-hetero) is 1. The van der Waals surface area contributed by atoms with Gasteiger partial charge in [-0.2, -0.15) is 0 Å². The van der Waals surface area contributed by atoms with E-state index in [-0.39, 0.29) is 18.1 Å². The molecule has 0 spiro atoms. The molecule has 0 N–H and O–H groups in total. The minimum Gasteiger partial charge on any atom is -0.343 e. The van der Waals surface area contributed by atoms with Crippen LogP contribution in [0.15, 0.2) is 24.4 Å². The molecule has 0 unspecified atom stereocenters. The summed E-state index contributed by atoms with van der Waals surface area (Å²) in [4.78, 5) is 28.9. The maximum absolute atomic E-state index is 11.7. The van der Waals surface area contributed by atoms with E-state index in [1.165, 1.54) is 0 Å². The SMILES string of the molecule is CCN(CC)C(=O)CC(=O)c1ccccn1. The molecule has 1 rings (SSSR count). The Balaban J connectivity index is 2.62. The first kappa shape index (κ1) is 12.4. The predicted molar refractivity (Wildman–Crippen MR) is 61.1 cm³/mol. The number of hydrogen-bond donors (Lipinski definition) is 0. The van der Waals surface area contributed by atoms with Crippen molar-refractivity contribution in [2.75, 3.05) is 13.1 Å². The number of rotatable bonds is 5. The van der Waals surface area contributed by atoms with Crippen LogP contribution in [0.25, 0.3) is 0 Å². The predicted octanol–water partition coefficient (Wildman–Crippen LogP) is 1.52. The second kappa shape index (κ2) is 6.00. The minimum absolute atomic E-state index is 0.0985. The molecule has 0 saturated heterocycles. The van der Waals surface area contributed by atoms with E-state index in [2.05, 4.69) is 4.98 Å². The summed E-state index contributed by atoms with van der Waals surface area (Å²) >= 11 is 0. The van der Waals surface area contributed by atoms with Crippen molar-refractivity contribution >= 4 is 11.7 Å². The van der Waals surface area contributed by atoms with Gasteiger partial charge in [-0.3, -0.25) is 14.6 Å². The zero-order valence-corrected chi connectivity index (χ0v) is 9.64. The van der Waals surface area contributed by atoms with Gasteiger partial charge in [0.1, 0.15) is 5.69 Å². The van der Waals surface area contributed by atoms with Crippen LogP contribution in [0.4, 0.5) is 0 Å². The van der Waals surface area contributed by atoms with Crippen LogP contribution in [0.2, 0.25) is 0 Å². The summed E-state index contributed by atoms with van der Waals surface area (Å²) in [6.07, 6.45) is 1.45. The molecule has 16 heavy (non-hydrogen) atoms. The molecule has 1 heterocycles. The second-order valence-electron chi connectivity index (χ2n) is 3.38. The maximum Gasteiger partial charge on any atom is 0.230 e. The lowest BCUT2D eigenvalue weighted by Crippen LogP contribution is -2.32. The molecular weight excluding hydrogens is 204 g/mol. The Morgan fingerprint density at radius 3 is 2.44 bits per heavy atom. The molecule has 0 aliphatic heterocycles. The van der Waals surface area contributed by atoms with E-state index >= 15 is 0 Å². The van der Waals surface area contributed by atoms with Crippen molar-refractivity contribution in [3.8, 4) is 0 Å². The van der Waals surface area contributed by atoms with Gasteiger partial charge < -0.3 is 4.90 Å². The van der Waals surface area contributed by atoms with Gasteiger partial charge in [-0.25, -0.2) is 0 Å². The number of ketones is 1. The highest BCUT2D eigenvalue weighted by Gasteiger charge is 2.16. The average Bonchev–Trinajstić information content (AvgIpc) is 2.31. The molecule has 1 aromatic heterocycles. The first-order valence-electron chi connectivity index (χ1n) is 5.41. The topological polar surface area (TPSA) is 50.3 Å². The normalized spacial score (nSPS) is 9.88. The summed E-state index contributed by atoms with van der Waals surface area (Å²) in [6, 6.07) is 5.10. The molecule has 1 amide bonds. The largest absolute Gasteiger partial charge is 0.343 e. The zero-order chi connectivity index (χ0) is 12.0. The third-order valence-corrected chi connectivity index (χ3v) is 2.38. The van der Waals surface area contributed by atoms with Gasteiger partial charge in [-0.15, -0.1) is 0 Å². The lowest BCUT2D eigenvalue weighted by molar-refractivity contribution is -0.129. The smallest absolute Gasteiger partial charge is 0.230 e. The number of aromatic nitrogens is 1. The molecule has 0 fully saturated rings. The van der Waals surface area contributed by atoms with Crippen molar-refractivity contribution in [1.82, 2.24) is 9.88 Å². The summed E-state index contributed by atoms with van der Waals surface area (Å²) in [6.45, 7) is 5.05. The fraction of sp³-hybridized carbons (Fsp3) is 0.417. The number of hydrogen-bond acceptors (Lipinski definition) is 3. The number of carbonyl (C=O) groups excluding carboxylic acids is 2. The Bertz CT molecular complexity index is 359. The average molecular weight is 220 g/mol. The molecule has 0 aromatic carbocycles. The molecule has 0 bridgehead atoms. The van der Waals surface area contributed by atoms with Crippen LogP contribution >= 0.6 is 0 Å². The summed E-state index contributed by atoms with van der Waals surface area (Å²) in [5.41, 5.74) is 0.350. The maximum atomic E-state index is 11.7. The van der Waals surface area contributed by atoms with Crippen molar-refractivity contribution in [2.24, 2.45) is 0 Å². The van der Waals surface area contributed by atoms with Crippen molar-refractivity contribution in [3.63, 3.8) is 0 Å². The van der Waals surface area contributed by atoms with Crippen LogP contribution in [0.5, 0.6) is 0 Å². The van der Waals surface area contributed by atoms with Crippen LogP contribution in [0, 0.1) is 0 Å². The lowest BCUT2D eigenvalue weighted by Gasteiger charge is -2.17. The van der Waals surface area contributed by atoms with E-state index < -0.39 is 0 Å².